The highest BCUT2D eigenvalue weighted by Crippen LogP contribution is 2.10. The second-order valence-corrected chi connectivity index (χ2v) is 6.63. The lowest BCUT2D eigenvalue weighted by atomic mass is 10.1. The predicted molar refractivity (Wildman–Crippen MR) is 84.5 cm³/mol. The molecule has 0 radical (unpaired) electrons. The van der Waals surface area contributed by atoms with Gasteiger partial charge in [0.05, 0.1) is 12.4 Å². The van der Waals surface area contributed by atoms with Crippen LogP contribution in [-0.2, 0) is 14.9 Å². The van der Waals surface area contributed by atoms with E-state index in [1.54, 1.807) is 0 Å². The SMILES string of the molecule is CCCCCCCCCCCC(N)=O.O=S(=O)(O)CCO. The number of rotatable bonds is 12. The van der Waals surface area contributed by atoms with Gasteiger partial charge in [-0.2, -0.15) is 8.42 Å². The van der Waals surface area contributed by atoms with E-state index < -0.39 is 22.5 Å². The molecule has 0 atom stereocenters. The van der Waals surface area contributed by atoms with Crippen LogP contribution >= 0.6 is 0 Å². The van der Waals surface area contributed by atoms with Gasteiger partial charge in [0.15, 0.2) is 0 Å². The number of carbonyl (C=O) groups is 1. The minimum absolute atomic E-state index is 0.159. The van der Waals surface area contributed by atoms with Crippen LogP contribution in [0.25, 0.3) is 0 Å². The molecule has 0 aromatic rings. The molecular weight excluding hydrogens is 294 g/mol. The monoisotopic (exact) mass is 325 g/mol. The molecule has 0 saturated carbocycles. The van der Waals surface area contributed by atoms with Crippen LogP contribution in [0.2, 0.25) is 0 Å². The lowest BCUT2D eigenvalue weighted by molar-refractivity contribution is -0.118. The largest absolute Gasteiger partial charge is 0.395 e. The highest BCUT2D eigenvalue weighted by molar-refractivity contribution is 7.85. The number of primary amides is 1. The van der Waals surface area contributed by atoms with E-state index in [1.807, 2.05) is 0 Å². The van der Waals surface area contributed by atoms with E-state index in [2.05, 4.69) is 6.92 Å². The number of carbonyl (C=O) groups excluding carboxylic acids is 1. The van der Waals surface area contributed by atoms with Gasteiger partial charge in [-0.25, -0.2) is 0 Å². The summed E-state index contributed by atoms with van der Waals surface area (Å²) in [6, 6.07) is 0. The third kappa shape index (κ3) is 28.3. The molecule has 0 saturated heterocycles. The Balaban J connectivity index is 0. The number of amides is 1. The lowest BCUT2D eigenvalue weighted by Gasteiger charge is -2.00. The summed E-state index contributed by atoms with van der Waals surface area (Å²) in [6.45, 7) is 1.71. The van der Waals surface area contributed by atoms with Gasteiger partial charge in [-0.15, -0.1) is 0 Å². The molecule has 0 aliphatic carbocycles. The molecule has 4 N–H and O–H groups in total. The van der Waals surface area contributed by atoms with E-state index in [4.69, 9.17) is 15.4 Å². The van der Waals surface area contributed by atoms with Crippen molar-refractivity contribution in [3.05, 3.63) is 0 Å². The van der Waals surface area contributed by atoms with Crippen molar-refractivity contribution >= 4 is 16.0 Å². The molecule has 21 heavy (non-hydrogen) atoms. The van der Waals surface area contributed by atoms with E-state index in [1.165, 1.54) is 44.9 Å². The van der Waals surface area contributed by atoms with Crippen LogP contribution in [0.1, 0.15) is 71.1 Å². The van der Waals surface area contributed by atoms with Gasteiger partial charge in [0.2, 0.25) is 5.91 Å². The van der Waals surface area contributed by atoms with Gasteiger partial charge in [0.1, 0.15) is 0 Å². The summed E-state index contributed by atoms with van der Waals surface area (Å²) in [6.07, 6.45) is 12.1. The van der Waals surface area contributed by atoms with Crippen LogP contribution < -0.4 is 5.73 Å². The van der Waals surface area contributed by atoms with Gasteiger partial charge in [-0.1, -0.05) is 58.3 Å². The Morgan fingerprint density at radius 3 is 1.67 bits per heavy atom. The second-order valence-electron chi connectivity index (χ2n) is 5.05. The first-order chi connectivity index (χ1) is 9.83. The normalized spacial score (nSPS) is 10.8. The molecule has 128 valence electrons. The molecule has 0 aliphatic heterocycles. The molecule has 0 aromatic carbocycles. The fourth-order valence-corrected chi connectivity index (χ4v) is 1.96. The number of hydrogen-bond donors (Lipinski definition) is 3. The maximum atomic E-state index is 10.4. The topological polar surface area (TPSA) is 118 Å². The number of nitrogens with two attached hydrogens (primary N) is 1. The minimum Gasteiger partial charge on any atom is -0.395 e. The lowest BCUT2D eigenvalue weighted by Crippen LogP contribution is -2.09. The third-order valence-corrected chi connectivity index (χ3v) is 3.57. The quantitative estimate of drug-likeness (QED) is 0.376. The molecule has 0 heterocycles. The standard InChI is InChI=1S/C12H25NO.C2H6O4S/c1-2-3-4-5-6-7-8-9-10-11-12(13)14;3-1-2-7(4,5)6/h2-11H2,1H3,(H2,13,14);3H,1-2H2,(H,4,5,6). The van der Waals surface area contributed by atoms with Crippen molar-refractivity contribution in [2.24, 2.45) is 5.73 Å². The highest BCUT2D eigenvalue weighted by Gasteiger charge is 1.99. The predicted octanol–water partition coefficient (Wildman–Crippen LogP) is 2.26. The van der Waals surface area contributed by atoms with Crippen molar-refractivity contribution in [2.45, 2.75) is 71.1 Å². The molecule has 0 fully saturated rings. The number of unbranched alkanes of at least 4 members (excludes halogenated alkanes) is 8. The zero-order valence-corrected chi connectivity index (χ0v) is 13.9. The van der Waals surface area contributed by atoms with E-state index in [9.17, 15) is 13.2 Å². The minimum atomic E-state index is -3.92. The number of aliphatic hydroxyl groups excluding tert-OH is 1. The smallest absolute Gasteiger partial charge is 0.267 e. The zero-order chi connectivity index (χ0) is 16.6. The fourth-order valence-electron chi connectivity index (χ4n) is 1.73. The van der Waals surface area contributed by atoms with Gasteiger partial charge in [-0.3, -0.25) is 9.35 Å². The van der Waals surface area contributed by atoms with E-state index in [0.29, 0.717) is 6.42 Å². The molecule has 0 spiro atoms. The van der Waals surface area contributed by atoms with Crippen molar-refractivity contribution < 1.29 is 22.9 Å². The fraction of sp³-hybridized carbons (Fsp3) is 0.929. The van der Waals surface area contributed by atoms with Gasteiger partial charge in [-0.05, 0) is 6.42 Å². The first-order valence-corrected chi connectivity index (χ1v) is 9.28. The zero-order valence-electron chi connectivity index (χ0n) is 13.1. The molecule has 7 heteroatoms. The number of hydrogen-bond acceptors (Lipinski definition) is 4. The Kier molecular flexibility index (Phi) is 16.9. The Hall–Kier alpha value is -0.660. The highest BCUT2D eigenvalue weighted by atomic mass is 32.2. The molecule has 0 aliphatic rings. The summed E-state index contributed by atoms with van der Waals surface area (Å²) in [7, 11) is -3.92. The van der Waals surface area contributed by atoms with E-state index >= 15 is 0 Å². The molecule has 0 bridgehead atoms. The first kappa shape index (κ1) is 22.6. The molecule has 0 aromatic heterocycles. The second kappa shape index (κ2) is 15.7. The van der Waals surface area contributed by atoms with Crippen LogP contribution in [0, 0.1) is 0 Å². The molecular formula is C14H31NO5S. The van der Waals surface area contributed by atoms with Crippen LogP contribution in [-0.4, -0.2) is 36.3 Å². The Morgan fingerprint density at radius 2 is 1.38 bits per heavy atom. The van der Waals surface area contributed by atoms with Gasteiger partial charge in [0, 0.05) is 6.42 Å². The van der Waals surface area contributed by atoms with Crippen molar-refractivity contribution in [1.29, 1.82) is 0 Å². The summed E-state index contributed by atoms with van der Waals surface area (Å²) in [5.74, 6) is -0.736. The summed E-state index contributed by atoms with van der Waals surface area (Å²) in [4.78, 5) is 10.4. The molecule has 0 unspecified atom stereocenters. The summed E-state index contributed by atoms with van der Waals surface area (Å²) < 4.78 is 27.1. The Bertz CT molecular complexity index is 330. The van der Waals surface area contributed by atoms with Crippen LogP contribution in [0.5, 0.6) is 0 Å². The maximum absolute atomic E-state index is 10.4. The van der Waals surface area contributed by atoms with Crippen molar-refractivity contribution in [3.8, 4) is 0 Å². The molecule has 6 nitrogen and oxygen atoms in total. The Morgan fingerprint density at radius 1 is 0.952 bits per heavy atom. The maximum Gasteiger partial charge on any atom is 0.267 e. The summed E-state index contributed by atoms with van der Waals surface area (Å²) >= 11 is 0. The molecule has 1 amide bonds. The van der Waals surface area contributed by atoms with Gasteiger partial charge >= 0.3 is 0 Å². The van der Waals surface area contributed by atoms with E-state index in [0.717, 1.165) is 12.8 Å². The van der Waals surface area contributed by atoms with Crippen LogP contribution in [0.3, 0.4) is 0 Å². The third-order valence-electron chi connectivity index (χ3n) is 2.88. The van der Waals surface area contributed by atoms with Crippen molar-refractivity contribution in [3.63, 3.8) is 0 Å². The van der Waals surface area contributed by atoms with Gasteiger partial charge in [0.25, 0.3) is 10.1 Å². The Labute approximate surface area is 128 Å². The summed E-state index contributed by atoms with van der Waals surface area (Å²) in [5.41, 5.74) is 5.05. The molecule has 0 rings (SSSR count). The summed E-state index contributed by atoms with van der Waals surface area (Å²) in [5, 5.41) is 7.86. The van der Waals surface area contributed by atoms with Crippen LogP contribution in [0.15, 0.2) is 0 Å². The van der Waals surface area contributed by atoms with Crippen molar-refractivity contribution in [2.75, 3.05) is 12.4 Å². The number of aliphatic hydroxyl groups is 1. The van der Waals surface area contributed by atoms with Gasteiger partial charge < -0.3 is 10.8 Å². The average molecular weight is 325 g/mol. The van der Waals surface area contributed by atoms with Crippen LogP contribution in [0.4, 0.5) is 0 Å². The van der Waals surface area contributed by atoms with E-state index in [-0.39, 0.29) is 5.91 Å². The first-order valence-electron chi connectivity index (χ1n) is 7.67. The average Bonchev–Trinajstić information content (AvgIpc) is 2.36. The van der Waals surface area contributed by atoms with Crippen molar-refractivity contribution in [1.82, 2.24) is 0 Å².